The van der Waals surface area contributed by atoms with Crippen LogP contribution in [0, 0.1) is 5.41 Å². The van der Waals surface area contributed by atoms with Crippen molar-refractivity contribution in [3.63, 3.8) is 0 Å². The molecule has 1 saturated carbocycles. The smallest absolute Gasteiger partial charge is 0.326 e. The number of carboxylic acids is 1. The summed E-state index contributed by atoms with van der Waals surface area (Å²) in [6.45, 7) is 1.43. The van der Waals surface area contributed by atoms with Crippen molar-refractivity contribution in [1.29, 1.82) is 0 Å². The number of carboxylic acid groups (broad SMARTS) is 1. The lowest BCUT2D eigenvalue weighted by Crippen LogP contribution is -2.49. The van der Waals surface area contributed by atoms with E-state index in [0.717, 1.165) is 18.4 Å². The van der Waals surface area contributed by atoms with Crippen molar-refractivity contribution in [3.8, 4) is 5.75 Å². The number of rotatable bonds is 15. The van der Waals surface area contributed by atoms with Crippen LogP contribution in [0.4, 0.5) is 5.69 Å². The molecule has 13 heteroatoms. The summed E-state index contributed by atoms with van der Waals surface area (Å²) in [5.74, 6) is -1.91. The maximum atomic E-state index is 14.6. The van der Waals surface area contributed by atoms with Crippen LogP contribution < -0.4 is 20.3 Å². The van der Waals surface area contributed by atoms with Crippen LogP contribution in [0.5, 0.6) is 5.75 Å². The molecule has 2 fully saturated rings. The molecule has 6 rings (SSSR count). The van der Waals surface area contributed by atoms with E-state index in [1.54, 1.807) is 94.7 Å². The Balaban J connectivity index is 1.28. The zero-order valence-electron chi connectivity index (χ0n) is 31.0. The van der Waals surface area contributed by atoms with Crippen LogP contribution in [0.3, 0.4) is 0 Å². The van der Waals surface area contributed by atoms with Crippen molar-refractivity contribution >= 4 is 58.5 Å². The average molecular weight is 800 g/mol. The highest BCUT2D eigenvalue weighted by Gasteiger charge is 2.50. The minimum Gasteiger partial charge on any atom is -0.484 e. The summed E-state index contributed by atoms with van der Waals surface area (Å²) in [6.07, 6.45) is 2.70. The Hall–Kier alpha value is -5.39. The maximum Gasteiger partial charge on any atom is 0.326 e. The predicted octanol–water partition coefficient (Wildman–Crippen LogP) is 6.76. The molecule has 2 aliphatic rings. The molecule has 1 aliphatic heterocycles. The standard InChI is InChI=1S/C43H44Cl2N4O7/c1-28(50)46-24-23-43(21-5-6-22-43)42(55)47-36(41(53)54)25-29-11-19-34(20-12-29)48-39(31-13-17-33(45)18-14-31)49(38(51)27-56-35-7-3-2-4-8-35)37(40(48)52)26-30-9-15-32(44)16-10-30/h2-4,7-20,36-37,39H,5-6,21-27H2,1H3,(H,46,50)(H,47,55)(H,53,54). The third-order valence-corrected chi connectivity index (χ3v) is 11.1. The van der Waals surface area contributed by atoms with Gasteiger partial charge in [-0.15, -0.1) is 0 Å². The van der Waals surface area contributed by atoms with E-state index < -0.39 is 35.5 Å². The topological polar surface area (TPSA) is 145 Å². The lowest BCUT2D eigenvalue weighted by molar-refractivity contribution is -0.144. The number of para-hydroxylation sites is 1. The van der Waals surface area contributed by atoms with Gasteiger partial charge in [0.05, 0.1) is 5.41 Å². The fraction of sp³-hybridized carbons (Fsp3) is 0.326. The molecule has 0 aromatic heterocycles. The van der Waals surface area contributed by atoms with Crippen molar-refractivity contribution < 1.29 is 33.8 Å². The van der Waals surface area contributed by atoms with E-state index in [1.165, 1.54) is 6.92 Å². The maximum absolute atomic E-state index is 14.6. The highest BCUT2D eigenvalue weighted by atomic mass is 35.5. The summed E-state index contributed by atoms with van der Waals surface area (Å²) < 4.78 is 5.89. The van der Waals surface area contributed by atoms with Crippen molar-refractivity contribution in [3.05, 3.63) is 130 Å². The first kappa shape index (κ1) is 40.3. The fourth-order valence-electron chi connectivity index (χ4n) is 7.64. The first-order chi connectivity index (χ1) is 26.9. The molecule has 0 spiro atoms. The molecule has 292 valence electrons. The third kappa shape index (κ3) is 9.52. The van der Waals surface area contributed by atoms with E-state index in [0.29, 0.717) is 58.4 Å². The molecular weight excluding hydrogens is 755 g/mol. The average Bonchev–Trinajstić information content (AvgIpc) is 3.78. The van der Waals surface area contributed by atoms with Gasteiger partial charge in [0.25, 0.3) is 11.8 Å². The fourth-order valence-corrected chi connectivity index (χ4v) is 7.90. The first-order valence-corrected chi connectivity index (χ1v) is 19.4. The number of nitrogens with zero attached hydrogens (tertiary/aromatic N) is 2. The van der Waals surface area contributed by atoms with Crippen LogP contribution in [-0.4, -0.2) is 64.8 Å². The molecule has 3 N–H and O–H groups in total. The van der Waals surface area contributed by atoms with E-state index in [-0.39, 0.29) is 37.2 Å². The molecule has 56 heavy (non-hydrogen) atoms. The number of ether oxygens (including phenoxy) is 1. The Morgan fingerprint density at radius 3 is 2.07 bits per heavy atom. The summed E-state index contributed by atoms with van der Waals surface area (Å²) in [7, 11) is 0. The van der Waals surface area contributed by atoms with Gasteiger partial charge in [0, 0.05) is 42.0 Å². The molecule has 4 aromatic carbocycles. The number of nitrogens with one attached hydrogen (secondary N) is 2. The second-order valence-corrected chi connectivity index (χ2v) is 15.2. The molecule has 1 heterocycles. The number of hydrogen-bond acceptors (Lipinski definition) is 6. The number of anilines is 1. The number of carbonyl (C=O) groups excluding carboxylic acids is 4. The second-order valence-electron chi connectivity index (χ2n) is 14.3. The summed E-state index contributed by atoms with van der Waals surface area (Å²) in [6, 6.07) is 27.8. The second kappa shape index (κ2) is 18.0. The molecule has 3 atom stereocenters. The molecule has 1 saturated heterocycles. The monoisotopic (exact) mass is 798 g/mol. The SMILES string of the molecule is CC(=O)NCCC1(C(=O)NC(Cc2ccc(N3C(=O)C(Cc4ccc(Cl)cc4)N(C(=O)COc4ccccc4)C3c3ccc(Cl)cc3)cc2)C(=O)O)CCCC1. The summed E-state index contributed by atoms with van der Waals surface area (Å²) >= 11 is 12.5. The summed E-state index contributed by atoms with van der Waals surface area (Å²) in [5, 5.41) is 16.7. The van der Waals surface area contributed by atoms with Crippen LogP contribution in [0.15, 0.2) is 103 Å². The Labute approximate surface area is 335 Å². The van der Waals surface area contributed by atoms with Crippen LogP contribution in [0.2, 0.25) is 10.0 Å². The molecule has 3 unspecified atom stereocenters. The number of hydrogen-bond donors (Lipinski definition) is 3. The van der Waals surface area contributed by atoms with E-state index in [9.17, 15) is 29.1 Å². The van der Waals surface area contributed by atoms with Gasteiger partial charge in [0.1, 0.15) is 24.0 Å². The highest BCUT2D eigenvalue weighted by molar-refractivity contribution is 6.30. The Morgan fingerprint density at radius 2 is 1.46 bits per heavy atom. The highest BCUT2D eigenvalue weighted by Crippen LogP contribution is 2.42. The molecule has 1 aliphatic carbocycles. The number of carbonyl (C=O) groups is 5. The van der Waals surface area contributed by atoms with Gasteiger partial charge in [-0.3, -0.25) is 24.1 Å². The minimum absolute atomic E-state index is 0.00167. The normalized spacial score (nSPS) is 18.0. The van der Waals surface area contributed by atoms with Gasteiger partial charge in [-0.05, 0) is 84.5 Å². The van der Waals surface area contributed by atoms with E-state index in [1.807, 2.05) is 18.2 Å². The Morgan fingerprint density at radius 1 is 0.857 bits per heavy atom. The lowest BCUT2D eigenvalue weighted by atomic mass is 9.81. The predicted molar refractivity (Wildman–Crippen MR) is 213 cm³/mol. The Bertz CT molecular complexity index is 2020. The van der Waals surface area contributed by atoms with Crippen molar-refractivity contribution in [2.24, 2.45) is 5.41 Å². The molecule has 4 amide bonds. The molecule has 4 aromatic rings. The lowest BCUT2D eigenvalue weighted by Gasteiger charge is -2.32. The van der Waals surface area contributed by atoms with Crippen molar-refractivity contribution in [2.45, 2.75) is 70.1 Å². The largest absolute Gasteiger partial charge is 0.484 e. The number of amides is 4. The van der Waals surface area contributed by atoms with Gasteiger partial charge < -0.3 is 25.4 Å². The van der Waals surface area contributed by atoms with Crippen molar-refractivity contribution in [1.82, 2.24) is 15.5 Å². The van der Waals surface area contributed by atoms with E-state index in [4.69, 9.17) is 27.9 Å². The minimum atomic E-state index is -1.21. The number of aliphatic carboxylic acids is 1. The van der Waals surface area contributed by atoms with Gasteiger partial charge in [-0.2, -0.15) is 0 Å². The number of halogens is 2. The van der Waals surface area contributed by atoms with Crippen LogP contribution >= 0.6 is 23.2 Å². The van der Waals surface area contributed by atoms with E-state index in [2.05, 4.69) is 10.6 Å². The molecule has 11 nitrogen and oxygen atoms in total. The van der Waals surface area contributed by atoms with E-state index >= 15 is 0 Å². The third-order valence-electron chi connectivity index (χ3n) is 10.5. The summed E-state index contributed by atoms with van der Waals surface area (Å²) in [5.41, 5.74) is 1.81. The molecule has 0 bridgehead atoms. The first-order valence-electron chi connectivity index (χ1n) is 18.6. The zero-order valence-corrected chi connectivity index (χ0v) is 32.5. The quantitative estimate of drug-likeness (QED) is 0.121. The Kier molecular flexibility index (Phi) is 13.0. The van der Waals surface area contributed by atoms with Crippen molar-refractivity contribution in [2.75, 3.05) is 18.1 Å². The van der Waals surface area contributed by atoms with Crippen LogP contribution in [0.1, 0.15) is 61.9 Å². The van der Waals surface area contributed by atoms with Gasteiger partial charge >= 0.3 is 5.97 Å². The number of benzene rings is 4. The zero-order chi connectivity index (χ0) is 39.8. The molecule has 0 radical (unpaired) electrons. The van der Waals surface area contributed by atoms with Crippen LogP contribution in [-0.2, 0) is 36.8 Å². The van der Waals surface area contributed by atoms with Gasteiger partial charge in [-0.1, -0.05) is 90.6 Å². The van der Waals surface area contributed by atoms with Gasteiger partial charge in [0.15, 0.2) is 6.61 Å². The molecular formula is C43H44Cl2N4O7. The van der Waals surface area contributed by atoms with Crippen LogP contribution in [0.25, 0.3) is 0 Å². The van der Waals surface area contributed by atoms with Gasteiger partial charge in [-0.25, -0.2) is 4.79 Å². The summed E-state index contributed by atoms with van der Waals surface area (Å²) in [4.78, 5) is 69.6. The van der Waals surface area contributed by atoms with Gasteiger partial charge in [0.2, 0.25) is 11.8 Å².